The average Bonchev–Trinajstić information content (AvgIpc) is 2.48. The number of nitro benzene ring substituents is 1. The van der Waals surface area contributed by atoms with Gasteiger partial charge in [0.1, 0.15) is 0 Å². The van der Waals surface area contributed by atoms with Crippen LogP contribution in [-0.2, 0) is 4.74 Å². The summed E-state index contributed by atoms with van der Waals surface area (Å²) in [6, 6.07) is 5.65. The molecule has 1 aromatic rings. The molecule has 1 heterocycles. The SMILES string of the molecule is O=C(NC1(CCl)CCOCC1)c1cccc([N+](=O)[O-])c1. The molecule has 6 nitrogen and oxygen atoms in total. The number of nitrogens with zero attached hydrogens (tertiary/aromatic N) is 1. The Morgan fingerprint density at radius 1 is 1.45 bits per heavy atom. The van der Waals surface area contributed by atoms with Crippen LogP contribution in [0.25, 0.3) is 0 Å². The highest BCUT2D eigenvalue weighted by Gasteiger charge is 2.33. The molecule has 0 unspecified atom stereocenters. The zero-order valence-electron chi connectivity index (χ0n) is 10.8. The van der Waals surface area contributed by atoms with Crippen LogP contribution in [0, 0.1) is 10.1 Å². The van der Waals surface area contributed by atoms with Crippen molar-refractivity contribution in [3.05, 3.63) is 39.9 Å². The molecular weight excluding hydrogens is 284 g/mol. The second kappa shape index (κ2) is 6.19. The topological polar surface area (TPSA) is 81.5 Å². The summed E-state index contributed by atoms with van der Waals surface area (Å²) in [6.45, 7) is 1.09. The summed E-state index contributed by atoms with van der Waals surface area (Å²) in [4.78, 5) is 22.4. The zero-order valence-corrected chi connectivity index (χ0v) is 11.6. The number of carbonyl (C=O) groups is 1. The maximum absolute atomic E-state index is 12.2. The molecule has 1 amide bonds. The quantitative estimate of drug-likeness (QED) is 0.524. The van der Waals surface area contributed by atoms with E-state index < -0.39 is 10.5 Å². The highest BCUT2D eigenvalue weighted by atomic mass is 35.5. The molecule has 1 N–H and O–H groups in total. The fraction of sp³-hybridized carbons (Fsp3) is 0.462. The Kier molecular flexibility index (Phi) is 4.57. The van der Waals surface area contributed by atoms with Gasteiger partial charge in [0.25, 0.3) is 11.6 Å². The summed E-state index contributed by atoms with van der Waals surface area (Å²) in [5.41, 5.74) is -0.346. The van der Waals surface area contributed by atoms with Gasteiger partial charge < -0.3 is 10.1 Å². The van der Waals surface area contributed by atoms with Crippen LogP contribution < -0.4 is 5.32 Å². The lowest BCUT2D eigenvalue weighted by Gasteiger charge is -2.36. The van der Waals surface area contributed by atoms with Gasteiger partial charge in [-0.15, -0.1) is 11.6 Å². The Hall–Kier alpha value is -1.66. The number of amides is 1. The molecular formula is C13H15ClN2O4. The maximum atomic E-state index is 12.2. The normalized spacial score (nSPS) is 17.4. The molecule has 20 heavy (non-hydrogen) atoms. The number of nitrogens with one attached hydrogen (secondary N) is 1. The van der Waals surface area contributed by atoms with E-state index in [1.807, 2.05) is 0 Å². The number of alkyl halides is 1. The number of carbonyl (C=O) groups excluding carboxylic acids is 1. The molecule has 0 saturated carbocycles. The van der Waals surface area contributed by atoms with Gasteiger partial charge in [0.15, 0.2) is 0 Å². The number of hydrogen-bond donors (Lipinski definition) is 1. The zero-order chi connectivity index (χ0) is 14.6. The number of rotatable bonds is 4. The first-order chi connectivity index (χ1) is 9.56. The predicted octanol–water partition coefficient (Wildman–Crippen LogP) is 2.11. The molecule has 1 aliphatic rings. The van der Waals surface area contributed by atoms with Crippen molar-refractivity contribution in [2.75, 3.05) is 19.1 Å². The van der Waals surface area contributed by atoms with Crippen molar-refractivity contribution in [1.82, 2.24) is 5.32 Å². The molecule has 7 heteroatoms. The summed E-state index contributed by atoms with van der Waals surface area (Å²) in [6.07, 6.45) is 1.27. The summed E-state index contributed by atoms with van der Waals surface area (Å²) in [5, 5.41) is 13.6. The van der Waals surface area contributed by atoms with Crippen LogP contribution in [0.4, 0.5) is 5.69 Å². The van der Waals surface area contributed by atoms with E-state index in [-0.39, 0.29) is 23.0 Å². The number of hydrogen-bond acceptors (Lipinski definition) is 4. The maximum Gasteiger partial charge on any atom is 0.270 e. The van der Waals surface area contributed by atoms with E-state index in [0.717, 1.165) is 0 Å². The minimum atomic E-state index is -0.525. The second-order valence-corrected chi connectivity index (χ2v) is 5.06. The van der Waals surface area contributed by atoms with E-state index in [0.29, 0.717) is 26.1 Å². The van der Waals surface area contributed by atoms with Gasteiger partial charge in [-0.05, 0) is 18.9 Å². The highest BCUT2D eigenvalue weighted by molar-refractivity contribution is 6.19. The van der Waals surface area contributed by atoms with Gasteiger partial charge in [0.2, 0.25) is 0 Å². The number of non-ortho nitro benzene ring substituents is 1. The molecule has 0 aromatic heterocycles. The van der Waals surface area contributed by atoms with Crippen LogP contribution in [0.2, 0.25) is 0 Å². The third kappa shape index (κ3) is 3.26. The first kappa shape index (κ1) is 14.7. The van der Waals surface area contributed by atoms with Crippen LogP contribution in [0.5, 0.6) is 0 Å². The molecule has 1 saturated heterocycles. The molecule has 0 spiro atoms. The Bertz CT molecular complexity index is 515. The van der Waals surface area contributed by atoms with Crippen molar-refractivity contribution in [2.24, 2.45) is 0 Å². The predicted molar refractivity (Wildman–Crippen MR) is 74.1 cm³/mol. The van der Waals surface area contributed by atoms with Gasteiger partial charge in [0.05, 0.1) is 10.5 Å². The minimum absolute atomic E-state index is 0.107. The summed E-state index contributed by atoms with van der Waals surface area (Å²) in [7, 11) is 0. The molecule has 1 aromatic carbocycles. The van der Waals surface area contributed by atoms with Gasteiger partial charge in [-0.25, -0.2) is 0 Å². The van der Waals surface area contributed by atoms with Crippen LogP contribution >= 0.6 is 11.6 Å². The van der Waals surface area contributed by atoms with Crippen molar-refractivity contribution < 1.29 is 14.5 Å². The van der Waals surface area contributed by atoms with Gasteiger partial charge in [-0.3, -0.25) is 14.9 Å². The fourth-order valence-electron chi connectivity index (χ4n) is 2.13. The van der Waals surface area contributed by atoms with E-state index >= 15 is 0 Å². The third-order valence-corrected chi connectivity index (χ3v) is 3.92. The average molecular weight is 299 g/mol. The molecule has 0 bridgehead atoms. The lowest BCUT2D eigenvalue weighted by Crippen LogP contribution is -2.53. The largest absolute Gasteiger partial charge is 0.381 e. The van der Waals surface area contributed by atoms with Gasteiger partial charge in [0, 0.05) is 36.8 Å². The van der Waals surface area contributed by atoms with Gasteiger partial charge >= 0.3 is 0 Å². The number of nitro groups is 1. The third-order valence-electron chi connectivity index (χ3n) is 3.40. The van der Waals surface area contributed by atoms with Crippen molar-refractivity contribution in [3.63, 3.8) is 0 Å². The Balaban J connectivity index is 2.14. The highest BCUT2D eigenvalue weighted by Crippen LogP contribution is 2.23. The van der Waals surface area contributed by atoms with Crippen LogP contribution in [0.3, 0.4) is 0 Å². The van der Waals surface area contributed by atoms with E-state index in [2.05, 4.69) is 5.32 Å². The monoisotopic (exact) mass is 298 g/mol. The first-order valence-electron chi connectivity index (χ1n) is 6.27. The van der Waals surface area contributed by atoms with Gasteiger partial charge in [-0.1, -0.05) is 6.07 Å². The Morgan fingerprint density at radius 3 is 2.75 bits per heavy atom. The van der Waals surface area contributed by atoms with Gasteiger partial charge in [-0.2, -0.15) is 0 Å². The molecule has 1 fully saturated rings. The minimum Gasteiger partial charge on any atom is -0.381 e. The second-order valence-electron chi connectivity index (χ2n) is 4.79. The van der Waals surface area contributed by atoms with E-state index in [1.54, 1.807) is 6.07 Å². The molecule has 1 aliphatic heterocycles. The van der Waals surface area contributed by atoms with Crippen molar-refractivity contribution in [1.29, 1.82) is 0 Å². The molecule has 0 radical (unpaired) electrons. The fourth-order valence-corrected chi connectivity index (χ4v) is 2.46. The molecule has 108 valence electrons. The summed E-state index contributed by atoms with van der Waals surface area (Å²) >= 11 is 5.97. The standard InChI is InChI=1S/C13H15ClN2O4/c14-9-13(4-6-20-7-5-13)15-12(17)10-2-1-3-11(8-10)16(18)19/h1-3,8H,4-7,9H2,(H,15,17). The number of halogens is 1. The molecule has 0 aliphatic carbocycles. The summed E-state index contributed by atoms with van der Waals surface area (Å²) < 4.78 is 5.27. The van der Waals surface area contributed by atoms with Crippen molar-refractivity contribution in [2.45, 2.75) is 18.4 Å². The Morgan fingerprint density at radius 2 is 2.15 bits per heavy atom. The first-order valence-corrected chi connectivity index (χ1v) is 6.80. The number of benzene rings is 1. The van der Waals surface area contributed by atoms with Crippen molar-refractivity contribution >= 4 is 23.2 Å². The Labute approximate surface area is 121 Å². The smallest absolute Gasteiger partial charge is 0.270 e. The van der Waals surface area contributed by atoms with Crippen LogP contribution in [0.1, 0.15) is 23.2 Å². The molecule has 2 rings (SSSR count). The van der Waals surface area contributed by atoms with E-state index in [4.69, 9.17) is 16.3 Å². The van der Waals surface area contributed by atoms with E-state index in [9.17, 15) is 14.9 Å². The van der Waals surface area contributed by atoms with Crippen LogP contribution in [0.15, 0.2) is 24.3 Å². The van der Waals surface area contributed by atoms with Crippen LogP contribution in [-0.4, -0.2) is 35.5 Å². The molecule has 0 atom stereocenters. The van der Waals surface area contributed by atoms with Crippen molar-refractivity contribution in [3.8, 4) is 0 Å². The summed E-state index contributed by atoms with van der Waals surface area (Å²) in [5.74, 6) is -0.0620. The lowest BCUT2D eigenvalue weighted by atomic mass is 9.92. The lowest BCUT2D eigenvalue weighted by molar-refractivity contribution is -0.384. The van der Waals surface area contributed by atoms with E-state index in [1.165, 1.54) is 18.2 Å². The number of ether oxygens (including phenoxy) is 1.